The van der Waals surface area contributed by atoms with Crippen molar-refractivity contribution in [1.29, 1.82) is 0 Å². The molecule has 0 spiro atoms. The molecule has 184 valence electrons. The maximum Gasteiger partial charge on any atom is 0.220 e. The molecule has 0 amide bonds. The van der Waals surface area contributed by atoms with Crippen molar-refractivity contribution < 1.29 is 5.94 Å². The highest BCUT2D eigenvalue weighted by molar-refractivity contribution is 5.95. The molecule has 6 rings (SSSR count). The molecule has 1 saturated carbocycles. The summed E-state index contributed by atoms with van der Waals surface area (Å²) in [6, 6.07) is 21.4. The summed E-state index contributed by atoms with van der Waals surface area (Å²) in [7, 11) is 2.13. The monoisotopic (exact) mass is 475 g/mol. The van der Waals surface area contributed by atoms with Crippen molar-refractivity contribution in [3.63, 3.8) is 0 Å². The number of pyridine rings is 1. The Balaban J connectivity index is 1.54. The minimum absolute atomic E-state index is 0.0327. The van der Waals surface area contributed by atoms with Crippen LogP contribution in [0, 0.1) is 19.3 Å². The van der Waals surface area contributed by atoms with Crippen LogP contribution in [0.5, 0.6) is 0 Å². The van der Waals surface area contributed by atoms with Gasteiger partial charge in [0.2, 0.25) is 5.69 Å². The van der Waals surface area contributed by atoms with Crippen LogP contribution in [0.15, 0.2) is 60.6 Å². The zero-order valence-electron chi connectivity index (χ0n) is 24.0. The highest BCUT2D eigenvalue weighted by Gasteiger charge is 2.36. The second-order valence-electron chi connectivity index (χ2n) is 12.7. The van der Waals surface area contributed by atoms with Gasteiger partial charge in [0.15, 0.2) is 5.69 Å². The fourth-order valence-corrected chi connectivity index (χ4v) is 6.92. The fourth-order valence-electron chi connectivity index (χ4n) is 6.92. The van der Waals surface area contributed by atoms with Crippen molar-refractivity contribution in [3.8, 4) is 22.4 Å². The molecule has 1 heterocycles. The molecule has 3 aromatic carbocycles. The van der Waals surface area contributed by atoms with E-state index < -0.39 is 0 Å². The van der Waals surface area contributed by atoms with E-state index in [0.717, 1.165) is 11.1 Å². The summed E-state index contributed by atoms with van der Waals surface area (Å²) in [6.45, 7) is 13.9. The lowest BCUT2D eigenvalue weighted by Gasteiger charge is -2.34. The van der Waals surface area contributed by atoms with E-state index in [1.54, 1.807) is 0 Å². The lowest BCUT2D eigenvalue weighted by atomic mass is 9.71. The van der Waals surface area contributed by atoms with Gasteiger partial charge in [-0.3, -0.25) is 0 Å². The Morgan fingerprint density at radius 1 is 0.833 bits per heavy atom. The first-order valence-electron chi connectivity index (χ1n) is 14.2. The number of benzene rings is 3. The topological polar surface area (TPSA) is 3.88 Å². The SMILES string of the molecule is [2H]c1c(C)[n+](C)c(-c2cc3c(cc2C)-c2ccccc2C3(C)C)c2ccc(C3CCC(C)(C)CC3)cc12. The number of aromatic nitrogens is 1. The van der Waals surface area contributed by atoms with E-state index in [1.165, 1.54) is 75.7 Å². The predicted octanol–water partition coefficient (Wildman–Crippen LogP) is 8.94. The number of aryl methyl sites for hydroxylation is 1. The molecule has 0 atom stereocenters. The molecule has 0 radical (unpaired) electrons. The molecule has 0 saturated heterocycles. The highest BCUT2D eigenvalue weighted by atomic mass is 14.9. The Morgan fingerprint density at radius 2 is 1.56 bits per heavy atom. The molecule has 1 aromatic heterocycles. The largest absolute Gasteiger partial charge is 0.220 e. The lowest BCUT2D eigenvalue weighted by molar-refractivity contribution is -0.665. The van der Waals surface area contributed by atoms with Gasteiger partial charge in [0, 0.05) is 18.4 Å². The van der Waals surface area contributed by atoms with Crippen LogP contribution >= 0.6 is 0 Å². The van der Waals surface area contributed by atoms with Crippen molar-refractivity contribution in [3.05, 3.63) is 88.6 Å². The van der Waals surface area contributed by atoms with Gasteiger partial charge in [-0.1, -0.05) is 70.2 Å². The molecule has 0 unspecified atom stereocenters. The molecular weight excluding hydrogens is 434 g/mol. The van der Waals surface area contributed by atoms with Crippen molar-refractivity contribution in [2.45, 2.75) is 78.6 Å². The third-order valence-corrected chi connectivity index (χ3v) is 9.45. The van der Waals surface area contributed by atoms with Gasteiger partial charge >= 0.3 is 0 Å². The van der Waals surface area contributed by atoms with Gasteiger partial charge in [-0.05, 0) is 94.8 Å². The summed E-state index contributed by atoms with van der Waals surface area (Å²) in [5.74, 6) is 0.607. The molecule has 2 aliphatic rings. The molecule has 36 heavy (non-hydrogen) atoms. The lowest BCUT2D eigenvalue weighted by Crippen LogP contribution is -2.35. The maximum absolute atomic E-state index is 9.07. The Morgan fingerprint density at radius 3 is 2.31 bits per heavy atom. The Bertz CT molecular complexity index is 1560. The second kappa shape index (κ2) is 8.04. The van der Waals surface area contributed by atoms with Crippen LogP contribution < -0.4 is 4.57 Å². The third kappa shape index (κ3) is 3.54. The van der Waals surface area contributed by atoms with Crippen LogP contribution in [0.25, 0.3) is 33.2 Å². The van der Waals surface area contributed by atoms with Gasteiger partial charge in [0.1, 0.15) is 7.05 Å². The van der Waals surface area contributed by atoms with Crippen LogP contribution in [0.1, 0.15) is 88.6 Å². The van der Waals surface area contributed by atoms with E-state index >= 15 is 0 Å². The van der Waals surface area contributed by atoms with Gasteiger partial charge in [0.25, 0.3) is 0 Å². The van der Waals surface area contributed by atoms with E-state index in [1.807, 2.05) is 0 Å². The summed E-state index contributed by atoms with van der Waals surface area (Å²) < 4.78 is 11.3. The summed E-state index contributed by atoms with van der Waals surface area (Å²) >= 11 is 0. The third-order valence-electron chi connectivity index (χ3n) is 9.45. The van der Waals surface area contributed by atoms with E-state index in [0.29, 0.717) is 17.4 Å². The summed E-state index contributed by atoms with van der Waals surface area (Å²) in [6.07, 6.45) is 5.06. The molecule has 0 aliphatic heterocycles. The zero-order valence-corrected chi connectivity index (χ0v) is 23.0. The molecule has 0 N–H and O–H groups in total. The smallest absolute Gasteiger partial charge is 0.198 e. The first-order chi connectivity index (χ1) is 17.5. The van der Waals surface area contributed by atoms with E-state index in [9.17, 15) is 0 Å². The van der Waals surface area contributed by atoms with Gasteiger partial charge in [0.05, 0.1) is 12.3 Å². The molecule has 2 aliphatic carbocycles. The average Bonchev–Trinajstić information content (AvgIpc) is 3.09. The van der Waals surface area contributed by atoms with Crippen molar-refractivity contribution in [1.82, 2.24) is 0 Å². The van der Waals surface area contributed by atoms with Gasteiger partial charge in [-0.2, -0.15) is 4.57 Å². The summed E-state index contributed by atoms with van der Waals surface area (Å²) in [4.78, 5) is 0. The quantitative estimate of drug-likeness (QED) is 0.255. The minimum atomic E-state index is -0.0327. The number of hydrogen-bond acceptors (Lipinski definition) is 0. The van der Waals surface area contributed by atoms with Gasteiger partial charge < -0.3 is 0 Å². The standard InChI is InChI=1S/C35H40N/c1-22-18-30-28-10-8-9-11-31(28)35(5,6)32(30)21-29(22)33-27-13-12-25(20-26(27)19-23(2)36(33)7)24-14-16-34(3,4)17-15-24/h8-13,18-21,24H,14-17H2,1-7H3/q+1/i19D. The highest BCUT2D eigenvalue weighted by Crippen LogP contribution is 2.50. The number of hydrogen-bond donors (Lipinski definition) is 0. The van der Waals surface area contributed by atoms with Crippen LogP contribution in [0.2, 0.25) is 0 Å². The van der Waals surface area contributed by atoms with Gasteiger partial charge in [-0.15, -0.1) is 0 Å². The van der Waals surface area contributed by atoms with Crippen molar-refractivity contribution in [2.24, 2.45) is 12.5 Å². The average molecular weight is 476 g/mol. The normalized spacial score (nSPS) is 18.7. The zero-order chi connectivity index (χ0) is 26.3. The molecule has 4 aromatic rings. The number of nitrogens with zero attached hydrogens (tertiary/aromatic N) is 1. The summed E-state index contributed by atoms with van der Waals surface area (Å²) in [5.41, 5.74) is 12.2. The van der Waals surface area contributed by atoms with E-state index in [4.69, 9.17) is 1.37 Å². The van der Waals surface area contributed by atoms with E-state index in [2.05, 4.69) is 108 Å². The number of fused-ring (bicyclic) bond motifs is 4. The first-order valence-corrected chi connectivity index (χ1v) is 13.7. The van der Waals surface area contributed by atoms with Gasteiger partial charge in [-0.25, -0.2) is 0 Å². The Labute approximate surface area is 218 Å². The Kier molecular flexibility index (Phi) is 4.97. The van der Waals surface area contributed by atoms with Crippen molar-refractivity contribution >= 4 is 10.8 Å². The molecular formula is C35H40N+. The van der Waals surface area contributed by atoms with Crippen LogP contribution in [-0.2, 0) is 12.5 Å². The van der Waals surface area contributed by atoms with Crippen LogP contribution in [0.4, 0.5) is 0 Å². The molecule has 0 bridgehead atoms. The molecule has 1 fully saturated rings. The molecule has 1 heteroatoms. The fraction of sp³-hybridized carbons (Fsp3) is 0.400. The first kappa shape index (κ1) is 22.3. The van der Waals surface area contributed by atoms with Crippen molar-refractivity contribution in [2.75, 3.05) is 0 Å². The number of rotatable bonds is 2. The van der Waals surface area contributed by atoms with Crippen LogP contribution in [-0.4, -0.2) is 0 Å². The van der Waals surface area contributed by atoms with Crippen LogP contribution in [0.3, 0.4) is 0 Å². The van der Waals surface area contributed by atoms with E-state index in [-0.39, 0.29) is 5.41 Å². The Hall–Kier alpha value is -2.93. The predicted molar refractivity (Wildman–Crippen MR) is 153 cm³/mol. The summed E-state index contributed by atoms with van der Waals surface area (Å²) in [5, 5.41) is 2.28. The second-order valence-corrected chi connectivity index (χ2v) is 12.7. The minimum Gasteiger partial charge on any atom is -0.198 e. The molecule has 1 nitrogen and oxygen atoms in total. The maximum atomic E-state index is 9.07.